The first kappa shape index (κ1) is 45.1. The molecule has 3 heterocycles. The maximum atomic E-state index is 14.9. The van der Waals surface area contributed by atoms with Crippen molar-refractivity contribution in [1.82, 2.24) is 24.9 Å². The van der Waals surface area contributed by atoms with Gasteiger partial charge in [-0.2, -0.15) is 13.2 Å². The number of aromatic nitrogens is 2. The molecule has 0 radical (unpaired) electrons. The normalized spacial score (nSPS) is 22.1. The number of rotatable bonds is 14. The van der Waals surface area contributed by atoms with Crippen molar-refractivity contribution < 1.29 is 45.4 Å². The monoisotopic (exact) mass is 898 g/mol. The number of fused-ring (bicyclic) bond motifs is 1. The van der Waals surface area contributed by atoms with Crippen molar-refractivity contribution in [2.24, 2.45) is 11.3 Å². The number of carbonyl (C=O) groups excluding carboxylic acids is 3. The summed E-state index contributed by atoms with van der Waals surface area (Å²) >= 11 is 1.44. The summed E-state index contributed by atoms with van der Waals surface area (Å²) in [6.07, 6.45) is -3.90. The number of anilines is 1. The summed E-state index contributed by atoms with van der Waals surface area (Å²) in [6, 6.07) is 7.60. The first-order valence-electron chi connectivity index (χ1n) is 20.8. The number of hydrogen-bond acceptors (Lipinski definition) is 11. The topological polar surface area (TPSA) is 169 Å². The Morgan fingerprint density at radius 2 is 1.77 bits per heavy atom. The Morgan fingerprint density at radius 1 is 1.05 bits per heavy atom. The Hall–Kier alpha value is -4.97. The fourth-order valence-electron chi connectivity index (χ4n) is 8.09. The van der Waals surface area contributed by atoms with Crippen LogP contribution in [-0.4, -0.2) is 83.6 Å². The van der Waals surface area contributed by atoms with E-state index in [1.807, 2.05) is 39.1 Å². The number of likely N-dealkylation sites (tertiary alicyclic amines) is 1. The lowest BCUT2D eigenvalue weighted by molar-refractivity contribution is -0.141. The molecule has 0 bridgehead atoms. The van der Waals surface area contributed by atoms with E-state index in [1.165, 1.54) is 28.4 Å². The second-order valence-corrected chi connectivity index (χ2v) is 20.8. The van der Waals surface area contributed by atoms with Crippen LogP contribution < -0.4 is 24.8 Å². The molecule has 334 valence electrons. The van der Waals surface area contributed by atoms with E-state index in [4.69, 9.17) is 19.4 Å². The zero-order chi connectivity index (χ0) is 45.1. The number of ether oxygens (including phenoxy) is 2. The molecule has 1 saturated heterocycles. The van der Waals surface area contributed by atoms with Crippen LogP contribution in [0.15, 0.2) is 47.8 Å². The highest BCUT2D eigenvalue weighted by Crippen LogP contribution is 2.47. The highest BCUT2D eigenvalue weighted by molar-refractivity contribution is 7.91. The van der Waals surface area contributed by atoms with Crippen molar-refractivity contribution in [3.8, 4) is 22.2 Å². The predicted molar refractivity (Wildman–Crippen MR) is 230 cm³/mol. The molecular formula is C44H53F3N6O7S2. The van der Waals surface area contributed by atoms with E-state index in [2.05, 4.69) is 15.4 Å². The molecule has 5 unspecified atom stereocenters. The minimum atomic E-state index is -4.63. The van der Waals surface area contributed by atoms with Crippen molar-refractivity contribution in [2.75, 3.05) is 19.0 Å². The summed E-state index contributed by atoms with van der Waals surface area (Å²) in [7, 11) is -2.37. The average Bonchev–Trinajstić information content (AvgIpc) is 4.09. The first-order chi connectivity index (χ1) is 29.1. The molecule has 4 aromatic rings. The van der Waals surface area contributed by atoms with E-state index in [9.17, 15) is 36.0 Å². The quantitative estimate of drug-likeness (QED) is 0.115. The van der Waals surface area contributed by atoms with E-state index < -0.39 is 73.9 Å². The Balaban J connectivity index is 1.25. The van der Waals surface area contributed by atoms with Crippen LogP contribution in [0.2, 0.25) is 0 Å². The van der Waals surface area contributed by atoms with Gasteiger partial charge in [0.1, 0.15) is 45.9 Å². The lowest BCUT2D eigenvalue weighted by atomic mass is 9.85. The molecule has 13 nitrogen and oxygen atoms in total. The maximum Gasteiger partial charge on any atom is 0.416 e. The van der Waals surface area contributed by atoms with Gasteiger partial charge in [-0.25, -0.2) is 18.4 Å². The summed E-state index contributed by atoms with van der Waals surface area (Å²) in [5, 5.41) is 8.51. The minimum absolute atomic E-state index is 0.0319. The Kier molecular flexibility index (Phi) is 12.1. The molecule has 2 aromatic heterocycles. The molecule has 3 N–H and O–H groups in total. The van der Waals surface area contributed by atoms with Gasteiger partial charge in [-0.15, -0.1) is 11.3 Å². The van der Waals surface area contributed by atoms with Gasteiger partial charge in [0, 0.05) is 34.5 Å². The number of thiazole rings is 1. The number of hydrogen-bond donors (Lipinski definition) is 3. The Bertz CT molecular complexity index is 2500. The number of aryl methyl sites for hydroxylation is 1. The third-order valence-corrected chi connectivity index (χ3v) is 14.7. The van der Waals surface area contributed by atoms with E-state index in [0.29, 0.717) is 52.4 Å². The number of methoxy groups -OCH3 is 1. The predicted octanol–water partition coefficient (Wildman–Crippen LogP) is 7.59. The molecule has 3 amide bonds. The van der Waals surface area contributed by atoms with Gasteiger partial charge in [-0.1, -0.05) is 54.0 Å². The lowest BCUT2D eigenvalue weighted by Crippen LogP contribution is -2.58. The molecule has 1 aliphatic heterocycles. The molecule has 7 rings (SSSR count). The molecule has 3 fully saturated rings. The number of sulfonamides is 1. The average molecular weight is 899 g/mol. The van der Waals surface area contributed by atoms with Crippen LogP contribution in [0, 0.1) is 18.3 Å². The summed E-state index contributed by atoms with van der Waals surface area (Å²) in [5.74, 6) is -1.24. The minimum Gasteiger partial charge on any atom is -0.496 e. The van der Waals surface area contributed by atoms with Crippen molar-refractivity contribution in [1.29, 1.82) is 0 Å². The molecule has 3 aliphatic rings. The summed E-state index contributed by atoms with van der Waals surface area (Å²) in [5.41, 5.74) is -0.432. The third-order valence-electron chi connectivity index (χ3n) is 12.0. The smallest absolute Gasteiger partial charge is 0.416 e. The number of halogens is 3. The number of benzene rings is 2. The van der Waals surface area contributed by atoms with Crippen molar-refractivity contribution >= 4 is 55.7 Å². The molecule has 2 aromatic carbocycles. The van der Waals surface area contributed by atoms with E-state index in [0.717, 1.165) is 23.4 Å². The van der Waals surface area contributed by atoms with Crippen LogP contribution >= 0.6 is 11.3 Å². The van der Waals surface area contributed by atoms with Crippen LogP contribution in [0.1, 0.15) is 96.4 Å². The van der Waals surface area contributed by atoms with Gasteiger partial charge in [-0.05, 0) is 73.8 Å². The molecule has 62 heavy (non-hydrogen) atoms. The van der Waals surface area contributed by atoms with Gasteiger partial charge in [0.15, 0.2) is 0 Å². The van der Waals surface area contributed by atoms with Gasteiger partial charge in [-0.3, -0.25) is 19.1 Å². The van der Waals surface area contributed by atoms with Crippen LogP contribution in [-0.2, 0) is 30.6 Å². The highest BCUT2D eigenvalue weighted by Gasteiger charge is 2.62. The first-order valence-corrected chi connectivity index (χ1v) is 23.2. The highest BCUT2D eigenvalue weighted by atomic mass is 32.2. The fourth-order valence-corrected chi connectivity index (χ4v) is 10.4. The molecule has 2 saturated carbocycles. The van der Waals surface area contributed by atoms with E-state index in [1.54, 1.807) is 40.0 Å². The third kappa shape index (κ3) is 9.08. The van der Waals surface area contributed by atoms with Crippen molar-refractivity contribution in [3.63, 3.8) is 0 Å². The van der Waals surface area contributed by atoms with Crippen LogP contribution in [0.25, 0.3) is 21.6 Å². The number of alkyl halides is 3. The van der Waals surface area contributed by atoms with Crippen LogP contribution in [0.3, 0.4) is 0 Å². The molecule has 5 atom stereocenters. The van der Waals surface area contributed by atoms with E-state index in [-0.39, 0.29) is 36.9 Å². The number of pyridine rings is 1. The summed E-state index contributed by atoms with van der Waals surface area (Å²) in [4.78, 5) is 54.4. The maximum absolute atomic E-state index is 14.9. The van der Waals surface area contributed by atoms with Crippen LogP contribution in [0.5, 0.6) is 11.5 Å². The van der Waals surface area contributed by atoms with Gasteiger partial charge >= 0.3 is 6.18 Å². The van der Waals surface area contributed by atoms with Crippen molar-refractivity contribution in [2.45, 2.75) is 122 Å². The zero-order valence-electron chi connectivity index (χ0n) is 36.0. The number of amides is 3. The molecular weight excluding hydrogens is 846 g/mol. The number of carbonyl (C=O) groups is 3. The van der Waals surface area contributed by atoms with Gasteiger partial charge < -0.3 is 25.0 Å². The number of nitrogens with one attached hydrogen (secondary N) is 3. The second kappa shape index (κ2) is 16.6. The fraction of sp³-hybridized carbons (Fsp3) is 0.523. The van der Waals surface area contributed by atoms with Gasteiger partial charge in [0.2, 0.25) is 21.8 Å². The molecule has 18 heteroatoms. The van der Waals surface area contributed by atoms with Crippen LogP contribution in [0.4, 0.5) is 18.9 Å². The van der Waals surface area contributed by atoms with Gasteiger partial charge in [0.05, 0.1) is 35.7 Å². The Morgan fingerprint density at radius 3 is 2.37 bits per heavy atom. The van der Waals surface area contributed by atoms with Gasteiger partial charge in [0.25, 0.3) is 5.91 Å². The summed E-state index contributed by atoms with van der Waals surface area (Å²) in [6.45, 7) is 13.0. The lowest BCUT2D eigenvalue weighted by Gasteiger charge is -2.36. The zero-order valence-corrected chi connectivity index (χ0v) is 37.6. The number of nitrogens with zero attached hydrogens (tertiary/aromatic N) is 3. The standard InChI is InChI=1S/C44H53F3N6O7S2/c1-9-25-20-43(25,41(56)52-62(57,58)29-13-14-29)51-38(54)33-18-28(21-53(33)40(55)37(42(5,6)7)48-27-12-10-11-26(17-27)44(45,46)47)60-35-19-31(39-50-32(22-61-39)23(2)3)49-36-24(4)34(59-8)16-15-30(35)36/h10-12,15-17,19,22-23,25,28-29,33,37,48H,9,13-14,18,20-21H2,1-8H3,(H,51,54)(H,52,56). The Labute approximate surface area is 363 Å². The second-order valence-electron chi connectivity index (χ2n) is 18.0. The largest absolute Gasteiger partial charge is 0.496 e. The van der Waals surface area contributed by atoms with Crippen molar-refractivity contribution in [3.05, 3.63) is 64.7 Å². The SMILES string of the molecule is CCC1CC1(NC(=O)C1CC(Oc2cc(-c3nc(C(C)C)cs3)nc3c(C)c(OC)ccc23)CN1C(=O)C(Nc1cccc(C(F)(F)F)c1)C(C)(C)C)C(=O)NS(=O)(=O)C1CC1. The molecule has 2 aliphatic carbocycles. The summed E-state index contributed by atoms with van der Waals surface area (Å²) < 4.78 is 81.6. The van der Waals surface area contributed by atoms with E-state index >= 15 is 0 Å². The molecule has 0 spiro atoms.